The molecule has 1 N–H and O–H groups in total. The molecule has 2 atom stereocenters. The average Bonchev–Trinajstić information content (AvgIpc) is 2.56. The summed E-state index contributed by atoms with van der Waals surface area (Å²) < 4.78 is 12.0. The van der Waals surface area contributed by atoms with Gasteiger partial charge in [0.1, 0.15) is 5.75 Å². The molecule has 2 unspecified atom stereocenters. The summed E-state index contributed by atoms with van der Waals surface area (Å²) in [6.07, 6.45) is 2.41. The van der Waals surface area contributed by atoms with Gasteiger partial charge >= 0.3 is 0 Å². The Morgan fingerprint density at radius 3 is 3.10 bits per heavy atom. The maximum Gasteiger partial charge on any atom is 0.127 e. The van der Waals surface area contributed by atoms with Gasteiger partial charge in [-0.2, -0.15) is 0 Å². The Kier molecular flexibility index (Phi) is 4.78. The Hall–Kier alpha value is -1.10. The third-order valence-electron chi connectivity index (χ3n) is 4.61. The van der Waals surface area contributed by atoms with Crippen LogP contribution in [0.3, 0.4) is 0 Å². The van der Waals surface area contributed by atoms with Crippen molar-refractivity contribution in [1.29, 1.82) is 0 Å². The molecule has 0 bridgehead atoms. The first-order chi connectivity index (χ1) is 10.3. The molecule has 0 radical (unpaired) electrons. The molecule has 3 rings (SSSR count). The highest BCUT2D eigenvalue weighted by Gasteiger charge is 2.30. The van der Waals surface area contributed by atoms with E-state index in [1.165, 1.54) is 11.1 Å². The van der Waals surface area contributed by atoms with Gasteiger partial charge in [-0.25, -0.2) is 0 Å². The summed E-state index contributed by atoms with van der Waals surface area (Å²) in [6, 6.07) is 6.70. The molecule has 4 nitrogen and oxygen atoms in total. The van der Waals surface area contributed by atoms with Crippen molar-refractivity contribution in [2.24, 2.45) is 0 Å². The van der Waals surface area contributed by atoms with Gasteiger partial charge in [0.05, 0.1) is 25.4 Å². The number of benzene rings is 1. The molecule has 2 heterocycles. The molecular weight excluding hydrogens is 264 g/mol. The fourth-order valence-electron chi connectivity index (χ4n) is 3.42. The van der Waals surface area contributed by atoms with E-state index in [-0.39, 0.29) is 12.1 Å². The van der Waals surface area contributed by atoms with Crippen molar-refractivity contribution in [3.8, 4) is 5.75 Å². The lowest BCUT2D eigenvalue weighted by Gasteiger charge is -2.37. The van der Waals surface area contributed by atoms with E-state index in [4.69, 9.17) is 9.47 Å². The maximum atomic E-state index is 6.05. The van der Waals surface area contributed by atoms with Crippen molar-refractivity contribution < 1.29 is 9.47 Å². The number of fused-ring (bicyclic) bond motifs is 1. The van der Waals surface area contributed by atoms with Crippen LogP contribution in [-0.2, 0) is 11.2 Å². The molecule has 1 aromatic carbocycles. The lowest BCUT2D eigenvalue weighted by Crippen LogP contribution is -2.47. The van der Waals surface area contributed by atoms with E-state index in [0.29, 0.717) is 0 Å². The van der Waals surface area contributed by atoms with E-state index in [2.05, 4.69) is 35.3 Å². The fourth-order valence-corrected chi connectivity index (χ4v) is 3.42. The molecule has 1 aromatic rings. The van der Waals surface area contributed by atoms with Crippen molar-refractivity contribution in [1.82, 2.24) is 10.2 Å². The van der Waals surface area contributed by atoms with Crippen LogP contribution in [0.4, 0.5) is 0 Å². The summed E-state index contributed by atoms with van der Waals surface area (Å²) in [5.41, 5.74) is 2.58. The number of ether oxygens (including phenoxy) is 2. The van der Waals surface area contributed by atoms with Crippen LogP contribution in [0.15, 0.2) is 18.2 Å². The summed E-state index contributed by atoms with van der Waals surface area (Å²) in [5, 5.41) is 3.45. The second-order valence-corrected chi connectivity index (χ2v) is 5.86. The monoisotopic (exact) mass is 290 g/mol. The number of hydrogen-bond donors (Lipinski definition) is 1. The van der Waals surface area contributed by atoms with Crippen LogP contribution in [0.5, 0.6) is 5.75 Å². The molecular formula is C17H26N2O2. The predicted molar refractivity (Wildman–Crippen MR) is 83.9 cm³/mol. The maximum absolute atomic E-state index is 6.05. The number of hydrogen-bond acceptors (Lipinski definition) is 4. The minimum Gasteiger partial charge on any atom is -0.493 e. The van der Waals surface area contributed by atoms with Crippen LogP contribution < -0.4 is 10.1 Å². The quantitative estimate of drug-likeness (QED) is 0.919. The largest absolute Gasteiger partial charge is 0.493 e. The first-order valence-corrected chi connectivity index (χ1v) is 8.09. The molecule has 2 aliphatic rings. The highest BCUT2D eigenvalue weighted by Crippen LogP contribution is 2.35. The van der Waals surface area contributed by atoms with Gasteiger partial charge in [0, 0.05) is 18.7 Å². The second kappa shape index (κ2) is 6.77. The zero-order valence-corrected chi connectivity index (χ0v) is 13.1. The molecule has 2 aliphatic heterocycles. The zero-order valence-electron chi connectivity index (χ0n) is 13.1. The minimum atomic E-state index is 0.181. The summed E-state index contributed by atoms with van der Waals surface area (Å²) in [7, 11) is 2.02. The van der Waals surface area contributed by atoms with Gasteiger partial charge < -0.3 is 14.8 Å². The van der Waals surface area contributed by atoms with Gasteiger partial charge in [0.15, 0.2) is 0 Å². The Labute approximate surface area is 127 Å². The molecule has 0 aromatic heterocycles. The molecule has 0 aliphatic carbocycles. The van der Waals surface area contributed by atoms with Crippen LogP contribution in [-0.4, -0.2) is 50.9 Å². The van der Waals surface area contributed by atoms with Gasteiger partial charge in [-0.1, -0.05) is 25.1 Å². The number of rotatable bonds is 4. The molecule has 116 valence electrons. The Balaban J connectivity index is 1.86. The standard InChI is InChI=1S/C17H26N2O2/c1-3-19-9-11-20-15(12-19)16(18-2)14-8-4-6-13-7-5-10-21-17(13)14/h4,6,8,15-16,18H,3,5,7,9-12H2,1-2H3. The van der Waals surface area contributed by atoms with E-state index < -0.39 is 0 Å². The predicted octanol–water partition coefficient (Wildman–Crippen LogP) is 1.99. The van der Waals surface area contributed by atoms with Crippen LogP contribution in [0, 0.1) is 0 Å². The highest BCUT2D eigenvalue weighted by atomic mass is 16.5. The number of morpholine rings is 1. The average molecular weight is 290 g/mol. The Morgan fingerprint density at radius 2 is 2.29 bits per heavy atom. The van der Waals surface area contributed by atoms with Crippen LogP contribution in [0.25, 0.3) is 0 Å². The van der Waals surface area contributed by atoms with E-state index in [0.717, 1.165) is 51.4 Å². The van der Waals surface area contributed by atoms with Crippen molar-refractivity contribution in [2.45, 2.75) is 31.9 Å². The third kappa shape index (κ3) is 3.07. The molecule has 0 amide bonds. The van der Waals surface area contributed by atoms with Gasteiger partial charge in [-0.15, -0.1) is 0 Å². The highest BCUT2D eigenvalue weighted by molar-refractivity contribution is 5.45. The lowest BCUT2D eigenvalue weighted by molar-refractivity contribution is -0.0448. The van der Waals surface area contributed by atoms with Gasteiger partial charge in [-0.05, 0) is 32.0 Å². The van der Waals surface area contributed by atoms with E-state index in [1.807, 2.05) is 7.05 Å². The van der Waals surface area contributed by atoms with Crippen LogP contribution >= 0.6 is 0 Å². The zero-order chi connectivity index (χ0) is 14.7. The first kappa shape index (κ1) is 14.8. The lowest BCUT2D eigenvalue weighted by atomic mass is 9.94. The first-order valence-electron chi connectivity index (χ1n) is 8.09. The normalized spacial score (nSPS) is 24.2. The van der Waals surface area contributed by atoms with Crippen LogP contribution in [0.2, 0.25) is 0 Å². The summed E-state index contributed by atoms with van der Waals surface area (Å²) >= 11 is 0. The summed E-state index contributed by atoms with van der Waals surface area (Å²) in [6.45, 7) is 6.95. The van der Waals surface area contributed by atoms with Crippen molar-refractivity contribution in [2.75, 3.05) is 39.9 Å². The van der Waals surface area contributed by atoms with Crippen molar-refractivity contribution in [3.05, 3.63) is 29.3 Å². The van der Waals surface area contributed by atoms with E-state index in [9.17, 15) is 0 Å². The molecule has 0 saturated carbocycles. The van der Waals surface area contributed by atoms with Crippen molar-refractivity contribution >= 4 is 0 Å². The Morgan fingerprint density at radius 1 is 1.38 bits per heavy atom. The number of likely N-dealkylation sites (N-methyl/N-ethyl adjacent to an activating group) is 2. The van der Waals surface area contributed by atoms with Crippen molar-refractivity contribution in [3.63, 3.8) is 0 Å². The SMILES string of the molecule is CCN1CCOC(C(NC)c2cccc3c2OCCC3)C1. The summed E-state index contributed by atoms with van der Waals surface area (Å²) in [5.74, 6) is 1.08. The van der Waals surface area contributed by atoms with Crippen LogP contribution in [0.1, 0.15) is 30.5 Å². The number of nitrogens with zero attached hydrogens (tertiary/aromatic N) is 1. The number of aryl methyl sites for hydroxylation is 1. The fraction of sp³-hybridized carbons (Fsp3) is 0.647. The Bertz CT molecular complexity index is 478. The third-order valence-corrected chi connectivity index (χ3v) is 4.61. The number of para-hydroxylation sites is 1. The van der Waals surface area contributed by atoms with E-state index in [1.54, 1.807) is 0 Å². The molecule has 21 heavy (non-hydrogen) atoms. The number of nitrogens with one attached hydrogen (secondary N) is 1. The molecule has 1 fully saturated rings. The topological polar surface area (TPSA) is 33.7 Å². The van der Waals surface area contributed by atoms with Gasteiger partial charge in [0.2, 0.25) is 0 Å². The molecule has 1 saturated heterocycles. The van der Waals surface area contributed by atoms with Gasteiger partial charge in [-0.3, -0.25) is 4.90 Å². The smallest absolute Gasteiger partial charge is 0.127 e. The van der Waals surface area contributed by atoms with E-state index >= 15 is 0 Å². The minimum absolute atomic E-state index is 0.181. The molecule has 0 spiro atoms. The molecule has 4 heteroatoms. The second-order valence-electron chi connectivity index (χ2n) is 5.86. The van der Waals surface area contributed by atoms with Gasteiger partial charge in [0.25, 0.3) is 0 Å². The summed E-state index contributed by atoms with van der Waals surface area (Å²) in [4.78, 5) is 2.45.